The van der Waals surface area contributed by atoms with Crippen molar-refractivity contribution in [1.82, 2.24) is 4.90 Å². The standard InChI is InChI=1S/C18H33NO2/c1-8-13-19(14-9-2)15-12-16(20)18(10-3,11-4)21-17(5,6)7/h1H,9-15H2,2-7H3. The quantitative estimate of drug-likeness (QED) is 0.576. The van der Waals surface area contributed by atoms with Crippen LogP contribution in [0, 0.1) is 12.3 Å². The van der Waals surface area contributed by atoms with Crippen molar-refractivity contribution in [2.24, 2.45) is 0 Å². The lowest BCUT2D eigenvalue weighted by atomic mass is 9.88. The Bertz CT molecular complexity index is 345. The van der Waals surface area contributed by atoms with Crippen molar-refractivity contribution in [2.45, 2.75) is 78.4 Å². The number of carbonyl (C=O) groups is 1. The van der Waals surface area contributed by atoms with Gasteiger partial charge in [-0.05, 0) is 46.6 Å². The van der Waals surface area contributed by atoms with E-state index in [4.69, 9.17) is 11.2 Å². The van der Waals surface area contributed by atoms with Crippen LogP contribution in [0.1, 0.15) is 67.2 Å². The van der Waals surface area contributed by atoms with Crippen molar-refractivity contribution in [3.63, 3.8) is 0 Å². The highest BCUT2D eigenvalue weighted by molar-refractivity contribution is 5.87. The van der Waals surface area contributed by atoms with Gasteiger partial charge in [0.25, 0.3) is 0 Å². The Morgan fingerprint density at radius 2 is 1.71 bits per heavy atom. The number of Topliss-reactive ketones (excluding diaryl/α,β-unsaturated/α-hetero) is 1. The van der Waals surface area contributed by atoms with Crippen molar-refractivity contribution >= 4 is 5.78 Å². The number of nitrogens with zero attached hydrogens (tertiary/aromatic N) is 1. The van der Waals surface area contributed by atoms with Crippen LogP contribution in [-0.2, 0) is 9.53 Å². The van der Waals surface area contributed by atoms with Gasteiger partial charge < -0.3 is 4.74 Å². The highest BCUT2D eigenvalue weighted by atomic mass is 16.5. The van der Waals surface area contributed by atoms with Gasteiger partial charge in [0, 0.05) is 13.0 Å². The maximum Gasteiger partial charge on any atom is 0.165 e. The Balaban J connectivity index is 4.79. The summed E-state index contributed by atoms with van der Waals surface area (Å²) in [5.74, 6) is 2.86. The minimum absolute atomic E-state index is 0.195. The maximum atomic E-state index is 12.7. The van der Waals surface area contributed by atoms with E-state index in [1.165, 1.54) is 0 Å². The number of ketones is 1. The van der Waals surface area contributed by atoms with Crippen LogP contribution < -0.4 is 0 Å². The lowest BCUT2D eigenvalue weighted by Gasteiger charge is -2.37. The number of carbonyl (C=O) groups excluding carboxylic acids is 1. The number of terminal acetylenes is 1. The summed E-state index contributed by atoms with van der Waals surface area (Å²) in [6.45, 7) is 14.4. The molecule has 0 atom stereocenters. The number of hydrogen-bond acceptors (Lipinski definition) is 3. The van der Waals surface area contributed by atoms with Gasteiger partial charge in [-0.15, -0.1) is 6.42 Å². The summed E-state index contributed by atoms with van der Waals surface area (Å²) in [5, 5.41) is 0. The van der Waals surface area contributed by atoms with E-state index < -0.39 is 5.60 Å². The van der Waals surface area contributed by atoms with Gasteiger partial charge in [0.05, 0.1) is 12.1 Å². The van der Waals surface area contributed by atoms with Crippen LogP contribution in [0.4, 0.5) is 0 Å². The third-order valence-electron chi connectivity index (χ3n) is 3.66. The monoisotopic (exact) mass is 295 g/mol. The van der Waals surface area contributed by atoms with Gasteiger partial charge in [0.1, 0.15) is 5.60 Å². The molecule has 0 spiro atoms. The van der Waals surface area contributed by atoms with E-state index in [2.05, 4.69) is 17.7 Å². The first kappa shape index (κ1) is 20.1. The zero-order valence-electron chi connectivity index (χ0n) is 14.8. The third kappa shape index (κ3) is 7.11. The first-order valence-electron chi connectivity index (χ1n) is 8.14. The Morgan fingerprint density at radius 3 is 2.10 bits per heavy atom. The minimum atomic E-state index is -0.660. The molecule has 0 aliphatic rings. The van der Waals surface area contributed by atoms with Gasteiger partial charge in [-0.25, -0.2) is 0 Å². The lowest BCUT2D eigenvalue weighted by molar-refractivity contribution is -0.167. The molecule has 0 saturated carbocycles. The third-order valence-corrected chi connectivity index (χ3v) is 3.66. The minimum Gasteiger partial charge on any atom is -0.362 e. The van der Waals surface area contributed by atoms with Crippen molar-refractivity contribution in [2.75, 3.05) is 19.6 Å². The van der Waals surface area contributed by atoms with Crippen molar-refractivity contribution in [1.29, 1.82) is 0 Å². The zero-order valence-corrected chi connectivity index (χ0v) is 14.8. The van der Waals surface area contributed by atoms with Gasteiger partial charge in [-0.1, -0.05) is 26.7 Å². The fourth-order valence-electron chi connectivity index (χ4n) is 2.63. The van der Waals surface area contributed by atoms with Crippen molar-refractivity contribution < 1.29 is 9.53 Å². The van der Waals surface area contributed by atoms with Crippen molar-refractivity contribution in [3.8, 4) is 12.3 Å². The van der Waals surface area contributed by atoms with Crippen LogP contribution >= 0.6 is 0 Å². The normalized spacial score (nSPS) is 12.5. The second-order valence-corrected chi connectivity index (χ2v) is 6.57. The summed E-state index contributed by atoms with van der Waals surface area (Å²) in [6.07, 6.45) is 8.35. The highest BCUT2D eigenvalue weighted by Gasteiger charge is 2.38. The summed E-state index contributed by atoms with van der Waals surface area (Å²) in [4.78, 5) is 14.9. The van der Waals surface area contributed by atoms with E-state index >= 15 is 0 Å². The van der Waals surface area contributed by atoms with Gasteiger partial charge >= 0.3 is 0 Å². The Hall–Kier alpha value is -0.850. The Kier molecular flexibility index (Phi) is 8.85. The van der Waals surface area contributed by atoms with E-state index in [9.17, 15) is 4.79 Å². The lowest BCUT2D eigenvalue weighted by Crippen LogP contribution is -2.47. The van der Waals surface area contributed by atoms with E-state index in [1.54, 1.807) is 0 Å². The van der Waals surface area contributed by atoms with Crippen LogP contribution in [0.15, 0.2) is 0 Å². The van der Waals surface area contributed by atoms with Crippen LogP contribution in [0.2, 0.25) is 0 Å². The van der Waals surface area contributed by atoms with Gasteiger partial charge in [0.2, 0.25) is 0 Å². The summed E-state index contributed by atoms with van der Waals surface area (Å²) in [5.41, 5.74) is -0.976. The molecule has 0 aliphatic carbocycles. The molecule has 0 unspecified atom stereocenters. The second kappa shape index (κ2) is 9.23. The predicted octanol–water partition coefficient (Wildman–Crippen LogP) is 3.66. The molecular weight excluding hydrogens is 262 g/mol. The molecule has 3 nitrogen and oxygen atoms in total. The van der Waals surface area contributed by atoms with Gasteiger partial charge in [0.15, 0.2) is 5.78 Å². The second-order valence-electron chi connectivity index (χ2n) is 6.57. The molecule has 0 saturated heterocycles. The summed E-state index contributed by atoms with van der Waals surface area (Å²) >= 11 is 0. The molecule has 0 heterocycles. The fourth-order valence-corrected chi connectivity index (χ4v) is 2.63. The molecule has 0 rings (SSSR count). The van der Waals surface area contributed by atoms with Crippen LogP contribution in [0.5, 0.6) is 0 Å². The van der Waals surface area contributed by atoms with Gasteiger partial charge in [-0.2, -0.15) is 0 Å². The molecule has 0 amide bonds. The molecule has 3 heteroatoms. The first-order chi connectivity index (χ1) is 9.74. The fraction of sp³-hybridized carbons (Fsp3) is 0.833. The topological polar surface area (TPSA) is 29.5 Å². The van der Waals surface area contributed by atoms with E-state index in [0.29, 0.717) is 32.4 Å². The zero-order chi connectivity index (χ0) is 16.5. The van der Waals surface area contributed by atoms with Gasteiger partial charge in [-0.3, -0.25) is 9.69 Å². The Morgan fingerprint density at radius 1 is 1.14 bits per heavy atom. The maximum absolute atomic E-state index is 12.7. The molecule has 21 heavy (non-hydrogen) atoms. The summed E-state index contributed by atoms with van der Waals surface area (Å²) < 4.78 is 6.13. The SMILES string of the molecule is C#CCN(CCC)CCC(=O)C(CC)(CC)OC(C)(C)C. The number of ether oxygens (including phenoxy) is 1. The molecule has 0 radical (unpaired) electrons. The molecule has 0 aliphatic heterocycles. The summed E-state index contributed by atoms with van der Waals surface area (Å²) in [7, 11) is 0. The smallest absolute Gasteiger partial charge is 0.165 e. The molecule has 0 fully saturated rings. The molecule has 122 valence electrons. The average molecular weight is 295 g/mol. The molecule has 0 N–H and O–H groups in total. The average Bonchev–Trinajstić information content (AvgIpc) is 2.41. The van der Waals surface area contributed by atoms with Crippen LogP contribution in [0.3, 0.4) is 0 Å². The van der Waals surface area contributed by atoms with E-state index in [0.717, 1.165) is 13.0 Å². The molecular formula is C18H33NO2. The number of rotatable bonds is 10. The van der Waals surface area contributed by atoms with E-state index in [-0.39, 0.29) is 11.4 Å². The summed E-state index contributed by atoms with van der Waals surface area (Å²) in [6, 6.07) is 0. The Labute approximate surface area is 131 Å². The predicted molar refractivity (Wildman–Crippen MR) is 89.3 cm³/mol. The van der Waals surface area contributed by atoms with Crippen LogP contribution in [-0.4, -0.2) is 41.5 Å². The highest BCUT2D eigenvalue weighted by Crippen LogP contribution is 2.29. The molecule has 0 aromatic heterocycles. The molecule has 0 bridgehead atoms. The molecule has 0 aromatic rings. The number of hydrogen-bond donors (Lipinski definition) is 0. The largest absolute Gasteiger partial charge is 0.362 e. The first-order valence-corrected chi connectivity index (χ1v) is 8.14. The van der Waals surface area contributed by atoms with E-state index in [1.807, 2.05) is 34.6 Å². The molecule has 0 aromatic carbocycles. The van der Waals surface area contributed by atoms with Crippen molar-refractivity contribution in [3.05, 3.63) is 0 Å². The van der Waals surface area contributed by atoms with Crippen LogP contribution in [0.25, 0.3) is 0 Å².